The minimum atomic E-state index is -0.554. The molecule has 0 heterocycles. The van der Waals surface area contributed by atoms with Gasteiger partial charge < -0.3 is 24.1 Å². The number of methoxy groups -OCH3 is 2. The molecular weight excluding hydrogens is 447 g/mol. The van der Waals surface area contributed by atoms with E-state index in [-0.39, 0.29) is 30.6 Å². The Balaban J connectivity index is 1.74. The average Bonchev–Trinajstić information content (AvgIpc) is 2.88. The number of phenols is 1. The summed E-state index contributed by atoms with van der Waals surface area (Å²) in [5.74, 6) is -0.0177. The van der Waals surface area contributed by atoms with Crippen LogP contribution in [-0.2, 0) is 11.3 Å². The SMILES string of the molecule is COCOc1c(-c2ccc(C)cc2)cc(OC)c(-c2ccc(OCc3ccccc3)c(F)c2)c1O. The van der Waals surface area contributed by atoms with Crippen LogP contribution < -0.4 is 14.2 Å². The largest absolute Gasteiger partial charge is 0.504 e. The van der Waals surface area contributed by atoms with Crippen LogP contribution in [0.3, 0.4) is 0 Å². The zero-order valence-electron chi connectivity index (χ0n) is 19.9. The van der Waals surface area contributed by atoms with Crippen molar-refractivity contribution in [2.75, 3.05) is 21.0 Å². The summed E-state index contributed by atoms with van der Waals surface area (Å²) in [7, 11) is 3.00. The van der Waals surface area contributed by atoms with Crippen molar-refractivity contribution in [3.8, 4) is 45.3 Å². The van der Waals surface area contributed by atoms with E-state index in [1.807, 2.05) is 61.5 Å². The zero-order chi connectivity index (χ0) is 24.8. The summed E-state index contributed by atoms with van der Waals surface area (Å²) in [6, 6.07) is 23.6. The van der Waals surface area contributed by atoms with Crippen LogP contribution in [0.2, 0.25) is 0 Å². The first-order chi connectivity index (χ1) is 17.0. The predicted octanol–water partition coefficient (Wildman–Crippen LogP) is 6.74. The molecule has 0 saturated heterocycles. The van der Waals surface area contributed by atoms with Gasteiger partial charge in [0.1, 0.15) is 12.4 Å². The third kappa shape index (κ3) is 5.39. The molecule has 0 atom stereocenters. The summed E-state index contributed by atoms with van der Waals surface area (Å²) < 4.78 is 37.1. The minimum Gasteiger partial charge on any atom is -0.504 e. The second-order valence-electron chi connectivity index (χ2n) is 8.02. The highest BCUT2D eigenvalue weighted by molar-refractivity contribution is 5.87. The van der Waals surface area contributed by atoms with Crippen molar-refractivity contribution in [2.24, 2.45) is 0 Å². The molecule has 0 saturated carbocycles. The van der Waals surface area contributed by atoms with Gasteiger partial charge in [-0.05, 0) is 41.8 Å². The van der Waals surface area contributed by atoms with E-state index in [9.17, 15) is 9.50 Å². The van der Waals surface area contributed by atoms with Crippen molar-refractivity contribution in [1.29, 1.82) is 0 Å². The molecule has 6 heteroatoms. The second-order valence-corrected chi connectivity index (χ2v) is 8.02. The monoisotopic (exact) mass is 474 g/mol. The standard InChI is InChI=1S/C29H27FO5/c1-19-9-11-21(12-10-19)23-16-26(33-3)27(28(31)29(23)35-18-32-2)22-13-14-25(24(30)15-22)34-17-20-7-5-4-6-8-20/h4-16,31H,17-18H2,1-3H3. The lowest BCUT2D eigenvalue weighted by Gasteiger charge is -2.19. The third-order valence-electron chi connectivity index (χ3n) is 5.58. The Hall–Kier alpha value is -4.03. The second kappa shape index (κ2) is 10.9. The molecule has 0 aromatic heterocycles. The van der Waals surface area contributed by atoms with Crippen LogP contribution in [-0.4, -0.2) is 26.1 Å². The molecule has 4 aromatic rings. The molecule has 0 bridgehead atoms. The number of ether oxygens (including phenoxy) is 4. The molecule has 0 fully saturated rings. The van der Waals surface area contributed by atoms with Gasteiger partial charge in [0.15, 0.2) is 29.9 Å². The molecule has 0 aliphatic rings. The summed E-state index contributed by atoms with van der Waals surface area (Å²) >= 11 is 0. The lowest BCUT2D eigenvalue weighted by Crippen LogP contribution is -2.03. The summed E-state index contributed by atoms with van der Waals surface area (Å²) in [4.78, 5) is 0. The summed E-state index contributed by atoms with van der Waals surface area (Å²) in [6.07, 6.45) is 0. The molecule has 1 N–H and O–H groups in total. The van der Waals surface area contributed by atoms with E-state index in [1.165, 1.54) is 26.4 Å². The molecule has 180 valence electrons. The van der Waals surface area contributed by atoms with Gasteiger partial charge in [-0.25, -0.2) is 4.39 Å². The highest BCUT2D eigenvalue weighted by Crippen LogP contribution is 2.50. The van der Waals surface area contributed by atoms with E-state index in [0.717, 1.165) is 16.7 Å². The van der Waals surface area contributed by atoms with Crippen LogP contribution in [0.4, 0.5) is 4.39 Å². The van der Waals surface area contributed by atoms with E-state index in [2.05, 4.69) is 0 Å². The number of hydrogen-bond acceptors (Lipinski definition) is 5. The van der Waals surface area contributed by atoms with Crippen molar-refractivity contribution in [2.45, 2.75) is 13.5 Å². The van der Waals surface area contributed by atoms with Crippen molar-refractivity contribution < 1.29 is 28.4 Å². The van der Waals surface area contributed by atoms with E-state index in [0.29, 0.717) is 22.4 Å². The first kappa shape index (κ1) is 24.1. The van der Waals surface area contributed by atoms with Gasteiger partial charge in [-0.2, -0.15) is 0 Å². The average molecular weight is 475 g/mol. The number of aryl methyl sites for hydroxylation is 1. The van der Waals surface area contributed by atoms with Crippen LogP contribution in [0.25, 0.3) is 22.3 Å². The number of rotatable bonds is 9. The Morgan fingerprint density at radius 2 is 1.51 bits per heavy atom. The highest BCUT2D eigenvalue weighted by Gasteiger charge is 2.23. The molecule has 5 nitrogen and oxygen atoms in total. The van der Waals surface area contributed by atoms with E-state index in [1.54, 1.807) is 12.1 Å². The third-order valence-corrected chi connectivity index (χ3v) is 5.58. The van der Waals surface area contributed by atoms with Gasteiger partial charge in [0.05, 0.1) is 12.7 Å². The number of benzene rings is 4. The topological polar surface area (TPSA) is 57.2 Å². The maximum absolute atomic E-state index is 15.0. The maximum atomic E-state index is 15.0. The minimum absolute atomic E-state index is 0.0706. The number of aromatic hydroxyl groups is 1. The zero-order valence-corrected chi connectivity index (χ0v) is 19.9. The molecule has 0 amide bonds. The lowest BCUT2D eigenvalue weighted by molar-refractivity contribution is 0.0496. The Morgan fingerprint density at radius 3 is 2.17 bits per heavy atom. The van der Waals surface area contributed by atoms with Crippen LogP contribution >= 0.6 is 0 Å². The van der Waals surface area contributed by atoms with Crippen molar-refractivity contribution in [3.05, 3.63) is 95.8 Å². The van der Waals surface area contributed by atoms with Crippen LogP contribution in [0.1, 0.15) is 11.1 Å². The van der Waals surface area contributed by atoms with Crippen molar-refractivity contribution in [1.82, 2.24) is 0 Å². The van der Waals surface area contributed by atoms with Gasteiger partial charge in [-0.15, -0.1) is 0 Å². The van der Waals surface area contributed by atoms with Gasteiger partial charge in [-0.1, -0.05) is 66.2 Å². The van der Waals surface area contributed by atoms with Crippen molar-refractivity contribution >= 4 is 0 Å². The van der Waals surface area contributed by atoms with Gasteiger partial charge in [0, 0.05) is 12.7 Å². The highest BCUT2D eigenvalue weighted by atomic mass is 19.1. The predicted molar refractivity (Wildman–Crippen MR) is 134 cm³/mol. The Kier molecular flexibility index (Phi) is 7.53. The first-order valence-electron chi connectivity index (χ1n) is 11.1. The Morgan fingerprint density at radius 1 is 0.800 bits per heavy atom. The van der Waals surface area contributed by atoms with Crippen LogP contribution in [0.15, 0.2) is 78.9 Å². The summed E-state index contributed by atoms with van der Waals surface area (Å²) in [5.41, 5.74) is 4.22. The van der Waals surface area contributed by atoms with E-state index < -0.39 is 5.82 Å². The fourth-order valence-corrected chi connectivity index (χ4v) is 3.79. The molecule has 0 aliphatic carbocycles. The fourth-order valence-electron chi connectivity index (χ4n) is 3.79. The Labute approximate surface area is 204 Å². The molecule has 0 unspecified atom stereocenters. The van der Waals surface area contributed by atoms with E-state index in [4.69, 9.17) is 18.9 Å². The number of hydrogen-bond donors (Lipinski definition) is 1. The van der Waals surface area contributed by atoms with Gasteiger partial charge >= 0.3 is 0 Å². The van der Waals surface area contributed by atoms with Crippen LogP contribution in [0.5, 0.6) is 23.0 Å². The molecule has 0 radical (unpaired) electrons. The molecular formula is C29H27FO5. The lowest BCUT2D eigenvalue weighted by atomic mass is 9.96. The quantitative estimate of drug-likeness (QED) is 0.272. The van der Waals surface area contributed by atoms with Gasteiger partial charge in [0.2, 0.25) is 0 Å². The summed E-state index contributed by atoms with van der Waals surface area (Å²) in [6.45, 7) is 2.17. The van der Waals surface area contributed by atoms with Gasteiger partial charge in [0.25, 0.3) is 0 Å². The molecule has 0 spiro atoms. The van der Waals surface area contributed by atoms with E-state index >= 15 is 0 Å². The smallest absolute Gasteiger partial charge is 0.188 e. The molecule has 4 rings (SSSR count). The van der Waals surface area contributed by atoms with Gasteiger partial charge in [-0.3, -0.25) is 0 Å². The normalized spacial score (nSPS) is 10.7. The summed E-state index contributed by atoms with van der Waals surface area (Å²) in [5, 5.41) is 11.3. The fraction of sp³-hybridized carbons (Fsp3) is 0.172. The Bertz CT molecular complexity index is 1290. The molecule has 0 aliphatic heterocycles. The number of halogens is 1. The molecule has 4 aromatic carbocycles. The number of phenolic OH excluding ortho intramolecular Hbond substituents is 1. The van der Waals surface area contributed by atoms with Crippen LogP contribution in [0, 0.1) is 12.7 Å². The van der Waals surface area contributed by atoms with Crippen molar-refractivity contribution in [3.63, 3.8) is 0 Å². The first-order valence-corrected chi connectivity index (χ1v) is 11.1. The molecule has 35 heavy (non-hydrogen) atoms. The maximum Gasteiger partial charge on any atom is 0.188 e.